The van der Waals surface area contributed by atoms with Crippen molar-refractivity contribution in [3.63, 3.8) is 0 Å². The smallest absolute Gasteiger partial charge is 0.407 e. The van der Waals surface area contributed by atoms with Crippen LogP contribution in [0.2, 0.25) is 0 Å². The zero-order chi connectivity index (χ0) is 27.2. The average Bonchev–Trinajstić information content (AvgIpc) is 3.60. The molecule has 0 spiro atoms. The van der Waals surface area contributed by atoms with Crippen LogP contribution in [0.15, 0.2) is 46.0 Å². The molecule has 9 nitrogen and oxygen atoms in total. The van der Waals surface area contributed by atoms with Crippen LogP contribution in [0.5, 0.6) is 0 Å². The lowest BCUT2D eigenvalue weighted by Gasteiger charge is -2.19. The van der Waals surface area contributed by atoms with E-state index < -0.39 is 28.5 Å². The number of hydrogen-bond donors (Lipinski definition) is 3. The van der Waals surface area contributed by atoms with Crippen LogP contribution in [0.3, 0.4) is 0 Å². The van der Waals surface area contributed by atoms with E-state index in [0.29, 0.717) is 27.2 Å². The summed E-state index contributed by atoms with van der Waals surface area (Å²) in [7, 11) is 0. The molecule has 1 saturated carbocycles. The van der Waals surface area contributed by atoms with Gasteiger partial charge in [-0.25, -0.2) is 9.18 Å². The molecule has 11 heteroatoms. The summed E-state index contributed by atoms with van der Waals surface area (Å²) >= 11 is 1.12. The minimum atomic E-state index is -0.622. The molecule has 4 aromatic rings. The summed E-state index contributed by atoms with van der Waals surface area (Å²) in [6.45, 7) is 5.38. The van der Waals surface area contributed by atoms with E-state index in [1.54, 1.807) is 51.1 Å². The second-order valence-corrected chi connectivity index (χ2v) is 11.1. The summed E-state index contributed by atoms with van der Waals surface area (Å²) < 4.78 is 25.0. The number of H-pyrrole nitrogens is 1. The number of carbonyl (C=O) groups is 2. The second kappa shape index (κ2) is 9.71. The van der Waals surface area contributed by atoms with Gasteiger partial charge in [0.05, 0.1) is 5.52 Å². The van der Waals surface area contributed by atoms with Crippen molar-refractivity contribution < 1.29 is 18.7 Å². The van der Waals surface area contributed by atoms with E-state index in [9.17, 15) is 19.2 Å². The molecule has 1 fully saturated rings. The van der Waals surface area contributed by atoms with Gasteiger partial charge in [-0.15, -0.1) is 0 Å². The highest BCUT2D eigenvalue weighted by molar-refractivity contribution is 7.12. The zero-order valence-corrected chi connectivity index (χ0v) is 22.0. The van der Waals surface area contributed by atoms with Gasteiger partial charge in [-0.05, 0) is 75.0 Å². The van der Waals surface area contributed by atoms with Crippen LogP contribution >= 0.6 is 11.5 Å². The number of nitrogens with one attached hydrogen (secondary N) is 3. The van der Waals surface area contributed by atoms with Crippen LogP contribution in [0.25, 0.3) is 32.2 Å². The zero-order valence-electron chi connectivity index (χ0n) is 21.1. The number of ether oxygens (including phenoxy) is 1. The highest BCUT2D eigenvalue weighted by atomic mass is 32.1. The lowest BCUT2D eigenvalue weighted by atomic mass is 10.0. The summed E-state index contributed by atoms with van der Waals surface area (Å²) in [6, 6.07) is 9.71. The van der Waals surface area contributed by atoms with Gasteiger partial charge < -0.3 is 19.9 Å². The minimum absolute atomic E-state index is 0.0543. The van der Waals surface area contributed by atoms with Crippen molar-refractivity contribution >= 4 is 50.3 Å². The summed E-state index contributed by atoms with van der Waals surface area (Å²) in [4.78, 5) is 49.8. The fraction of sp³-hybridized carbons (Fsp3) is 0.333. The highest BCUT2D eigenvalue weighted by Gasteiger charge is 2.29. The monoisotopic (exact) mass is 538 g/mol. The Kier molecular flexibility index (Phi) is 6.56. The first-order chi connectivity index (χ1) is 18.0. The van der Waals surface area contributed by atoms with Gasteiger partial charge in [-0.3, -0.25) is 18.8 Å². The quantitative estimate of drug-likeness (QED) is 0.322. The highest BCUT2D eigenvalue weighted by Crippen LogP contribution is 2.40. The fourth-order valence-electron chi connectivity index (χ4n) is 4.32. The number of hydrogen-bond acceptors (Lipinski definition) is 6. The maximum absolute atomic E-state index is 15.2. The average molecular weight is 539 g/mol. The molecule has 1 aliphatic rings. The molecule has 0 aliphatic heterocycles. The Morgan fingerprint density at radius 3 is 2.53 bits per heavy atom. The molecule has 1 aliphatic carbocycles. The molecule has 2 aromatic carbocycles. The van der Waals surface area contributed by atoms with E-state index in [4.69, 9.17) is 4.74 Å². The normalized spacial score (nSPS) is 13.6. The third-order valence-corrected chi connectivity index (χ3v) is 7.01. The molecule has 5 rings (SSSR count). The number of fused-ring (bicyclic) bond motifs is 2. The number of benzene rings is 2. The first kappa shape index (κ1) is 25.7. The maximum Gasteiger partial charge on any atom is 0.407 e. The Morgan fingerprint density at radius 2 is 1.87 bits per heavy atom. The molecule has 0 bridgehead atoms. The molecule has 0 atom stereocenters. The van der Waals surface area contributed by atoms with Crippen LogP contribution in [-0.4, -0.2) is 33.1 Å². The van der Waals surface area contributed by atoms with Gasteiger partial charge in [0.25, 0.3) is 5.56 Å². The molecule has 0 unspecified atom stereocenters. The minimum Gasteiger partial charge on any atom is -0.444 e. The number of aromatic nitrogens is 2. The third-order valence-electron chi connectivity index (χ3n) is 6.13. The Labute approximate surface area is 220 Å². The number of carbonyl (C=O) groups excluding carboxylic acids is 2. The van der Waals surface area contributed by atoms with Crippen molar-refractivity contribution in [2.75, 3.05) is 11.9 Å². The Hall–Kier alpha value is -3.99. The van der Waals surface area contributed by atoms with Crippen LogP contribution in [-0.2, 0) is 9.53 Å². The molecular weight excluding hydrogens is 511 g/mol. The number of anilines is 1. The Bertz CT molecular complexity index is 1680. The lowest BCUT2D eigenvalue weighted by molar-refractivity contribution is -0.116. The molecular formula is C27H27FN4O5S. The van der Waals surface area contributed by atoms with Crippen LogP contribution in [0, 0.1) is 5.82 Å². The molecule has 3 N–H and O–H groups in total. The number of amides is 2. The van der Waals surface area contributed by atoms with E-state index in [1.807, 2.05) is 4.57 Å². The molecule has 2 aromatic heterocycles. The SMILES string of the molecule is CC(C)(C)OC(=O)NCCC(=O)Nc1ccc(-c2cc3c(cc2F)c(=O)c2c(=O)[nH]sc2n3C2CC2)cc1. The summed E-state index contributed by atoms with van der Waals surface area (Å²) in [5.74, 6) is -0.874. The number of aromatic amines is 1. The Morgan fingerprint density at radius 1 is 1.16 bits per heavy atom. The lowest BCUT2D eigenvalue weighted by Crippen LogP contribution is -2.34. The van der Waals surface area contributed by atoms with Gasteiger partial charge in [0.2, 0.25) is 11.3 Å². The molecule has 0 radical (unpaired) electrons. The van der Waals surface area contributed by atoms with Gasteiger partial charge in [-0.2, -0.15) is 0 Å². The molecule has 2 heterocycles. The summed E-state index contributed by atoms with van der Waals surface area (Å²) in [5.41, 5.74) is 0.452. The summed E-state index contributed by atoms with van der Waals surface area (Å²) in [5, 5.41) is 5.53. The van der Waals surface area contributed by atoms with E-state index in [1.165, 1.54) is 6.07 Å². The second-order valence-electron chi connectivity index (χ2n) is 10.3. The van der Waals surface area contributed by atoms with Gasteiger partial charge >= 0.3 is 6.09 Å². The van der Waals surface area contributed by atoms with Crippen molar-refractivity contribution in [3.8, 4) is 11.1 Å². The van der Waals surface area contributed by atoms with Gasteiger partial charge in [0.15, 0.2) is 0 Å². The van der Waals surface area contributed by atoms with E-state index in [2.05, 4.69) is 15.0 Å². The number of nitrogens with zero attached hydrogens (tertiary/aromatic N) is 1. The maximum atomic E-state index is 15.2. The van der Waals surface area contributed by atoms with Crippen molar-refractivity contribution in [2.24, 2.45) is 0 Å². The topological polar surface area (TPSA) is 122 Å². The molecule has 198 valence electrons. The van der Waals surface area contributed by atoms with E-state index in [-0.39, 0.29) is 35.7 Å². The largest absolute Gasteiger partial charge is 0.444 e. The molecule has 2 amide bonds. The van der Waals surface area contributed by atoms with Crippen LogP contribution in [0.1, 0.15) is 46.1 Å². The molecule has 38 heavy (non-hydrogen) atoms. The molecule has 0 saturated heterocycles. The Balaban J connectivity index is 1.35. The van der Waals surface area contributed by atoms with E-state index in [0.717, 1.165) is 24.4 Å². The van der Waals surface area contributed by atoms with E-state index >= 15 is 4.39 Å². The van der Waals surface area contributed by atoms with Crippen LogP contribution < -0.4 is 21.6 Å². The van der Waals surface area contributed by atoms with Crippen molar-refractivity contribution in [2.45, 2.75) is 51.7 Å². The van der Waals surface area contributed by atoms with Gasteiger partial charge in [-0.1, -0.05) is 12.1 Å². The predicted molar refractivity (Wildman–Crippen MR) is 145 cm³/mol. The predicted octanol–water partition coefficient (Wildman–Crippen LogP) is 4.90. The fourth-order valence-corrected chi connectivity index (χ4v) is 5.24. The number of alkyl carbamates (subject to hydrolysis) is 1. The summed E-state index contributed by atoms with van der Waals surface area (Å²) in [6.07, 6.45) is 1.31. The first-order valence-corrected chi connectivity index (χ1v) is 13.1. The first-order valence-electron chi connectivity index (χ1n) is 12.3. The van der Waals surface area contributed by atoms with Crippen LogP contribution in [0.4, 0.5) is 14.9 Å². The van der Waals surface area contributed by atoms with Crippen molar-refractivity contribution in [1.82, 2.24) is 14.3 Å². The van der Waals surface area contributed by atoms with Crippen molar-refractivity contribution in [3.05, 3.63) is 62.8 Å². The third kappa shape index (κ3) is 5.19. The number of pyridine rings is 1. The van der Waals surface area contributed by atoms with Gasteiger partial charge in [0, 0.05) is 35.6 Å². The van der Waals surface area contributed by atoms with Crippen molar-refractivity contribution in [1.29, 1.82) is 0 Å². The van der Waals surface area contributed by atoms with Gasteiger partial charge in [0.1, 0.15) is 21.6 Å². The number of halogens is 1. The standard InChI is InChI=1S/C27H27FN4O5S/c1-27(2,3)37-26(36)29-11-10-21(33)30-15-6-4-14(5-7-15)17-13-20-18(12-19(17)28)23(34)22-24(35)31-38-25(22)32(20)16-8-9-16/h4-7,12-13,16H,8-11H2,1-3H3,(H,29,36)(H,30,33)(H,31,35). The number of rotatable bonds is 6.